The lowest BCUT2D eigenvalue weighted by Gasteiger charge is -2.60. The van der Waals surface area contributed by atoms with Crippen LogP contribution in [0.3, 0.4) is 0 Å². The zero-order valence-electron chi connectivity index (χ0n) is 27.8. The number of allylic oxidation sites excluding steroid dienone is 7. The number of phenolic OH excluding ortho intramolecular Hbond substituents is 2. The Balaban J connectivity index is 2.17. The van der Waals surface area contributed by atoms with E-state index in [1.807, 2.05) is 54.5 Å². The number of aromatic hydroxyl groups is 2. The normalized spacial score (nSPS) is 24.3. The Labute approximate surface area is 261 Å². The first-order valence-corrected chi connectivity index (χ1v) is 15.6. The monoisotopic (exact) mass is 600 g/mol. The fraction of sp³-hybridized carbons (Fsp3) is 0.500. The van der Waals surface area contributed by atoms with Gasteiger partial charge in [-0.15, -0.1) is 0 Å². The molecule has 4 atom stereocenters. The number of benzene rings is 1. The number of Topliss-reactive ketones (excluding diaryl/α,β-unsaturated/α-hetero) is 2. The average Bonchev–Trinajstić information content (AvgIpc) is 2.91. The number of ketones is 2. The molecule has 6 heteroatoms. The van der Waals surface area contributed by atoms with E-state index in [9.17, 15) is 19.8 Å². The summed E-state index contributed by atoms with van der Waals surface area (Å²) in [6.45, 7) is 22.4. The lowest BCUT2D eigenvalue weighted by Crippen LogP contribution is -2.68. The van der Waals surface area contributed by atoms with Gasteiger partial charge in [-0.05, 0) is 104 Å². The molecule has 4 rings (SSSR count). The molecule has 1 aromatic heterocycles. The Bertz CT molecular complexity index is 1680. The highest BCUT2D eigenvalue weighted by Gasteiger charge is 2.72. The highest BCUT2D eigenvalue weighted by molar-refractivity contribution is 6.23. The van der Waals surface area contributed by atoms with Crippen LogP contribution < -0.4 is 5.43 Å². The second-order valence-corrected chi connectivity index (χ2v) is 14.5. The lowest BCUT2D eigenvalue weighted by molar-refractivity contribution is -0.152. The molecule has 0 aliphatic heterocycles. The van der Waals surface area contributed by atoms with Gasteiger partial charge in [0, 0.05) is 6.07 Å². The number of rotatable bonds is 9. The molecule has 2 bridgehead atoms. The molecule has 0 spiro atoms. The molecule has 0 amide bonds. The minimum atomic E-state index is -1.46. The third kappa shape index (κ3) is 5.20. The van der Waals surface area contributed by atoms with E-state index >= 15 is 4.79 Å². The first-order valence-electron chi connectivity index (χ1n) is 15.6. The Kier molecular flexibility index (Phi) is 8.82. The van der Waals surface area contributed by atoms with Crippen LogP contribution in [0.2, 0.25) is 0 Å². The van der Waals surface area contributed by atoms with E-state index in [2.05, 4.69) is 32.6 Å². The van der Waals surface area contributed by atoms with Crippen LogP contribution in [0.25, 0.3) is 11.0 Å². The van der Waals surface area contributed by atoms with Crippen LogP contribution in [-0.4, -0.2) is 21.8 Å². The van der Waals surface area contributed by atoms with E-state index in [4.69, 9.17) is 4.42 Å². The van der Waals surface area contributed by atoms with Gasteiger partial charge in [0.05, 0.1) is 16.2 Å². The molecule has 1 fully saturated rings. The maximum atomic E-state index is 15.4. The molecule has 6 nitrogen and oxygen atoms in total. The summed E-state index contributed by atoms with van der Waals surface area (Å²) in [6.07, 6.45) is 8.42. The van der Waals surface area contributed by atoms with Crippen molar-refractivity contribution in [3.63, 3.8) is 0 Å². The maximum Gasteiger partial charge on any atom is 0.204 e. The van der Waals surface area contributed by atoms with Crippen molar-refractivity contribution in [2.24, 2.45) is 22.7 Å². The predicted molar refractivity (Wildman–Crippen MR) is 176 cm³/mol. The third-order valence-electron chi connectivity index (χ3n) is 10.3. The lowest BCUT2D eigenvalue weighted by atomic mass is 9.39. The molecule has 236 valence electrons. The zero-order valence-corrected chi connectivity index (χ0v) is 27.8. The highest BCUT2D eigenvalue weighted by Crippen LogP contribution is 2.66. The second kappa shape index (κ2) is 11.7. The van der Waals surface area contributed by atoms with Gasteiger partial charge in [-0.2, -0.15) is 0 Å². The van der Waals surface area contributed by atoms with E-state index in [1.165, 1.54) is 6.07 Å². The molecule has 2 aliphatic rings. The van der Waals surface area contributed by atoms with Gasteiger partial charge < -0.3 is 14.6 Å². The fourth-order valence-electron chi connectivity index (χ4n) is 7.46. The van der Waals surface area contributed by atoms with Crippen LogP contribution >= 0.6 is 0 Å². The molecular weight excluding hydrogens is 552 g/mol. The molecular formula is C38H48O6. The average molecular weight is 601 g/mol. The van der Waals surface area contributed by atoms with Crippen LogP contribution in [0.4, 0.5) is 0 Å². The number of phenols is 2. The van der Waals surface area contributed by atoms with Crippen LogP contribution in [-0.2, 0) is 10.2 Å². The number of carbonyl (C=O) groups excluding carboxylic acids is 2. The Hall–Kier alpha value is -3.67. The van der Waals surface area contributed by atoms with Crippen molar-refractivity contribution in [2.45, 2.75) is 99.8 Å². The Morgan fingerprint density at radius 3 is 2.11 bits per heavy atom. The molecule has 0 radical (unpaired) electrons. The molecule has 0 saturated heterocycles. The number of hydrogen-bond acceptors (Lipinski definition) is 6. The first-order chi connectivity index (χ1) is 20.4. The first kappa shape index (κ1) is 33.2. The summed E-state index contributed by atoms with van der Waals surface area (Å²) >= 11 is 0. The largest absolute Gasteiger partial charge is 0.504 e. The quantitative estimate of drug-likeness (QED) is 0.169. The molecule has 2 aliphatic carbocycles. The molecule has 0 unspecified atom stereocenters. The fourth-order valence-corrected chi connectivity index (χ4v) is 7.46. The van der Waals surface area contributed by atoms with Gasteiger partial charge in [0.15, 0.2) is 23.1 Å². The van der Waals surface area contributed by atoms with Gasteiger partial charge in [0.25, 0.3) is 0 Å². The Morgan fingerprint density at radius 1 is 0.955 bits per heavy atom. The van der Waals surface area contributed by atoms with Gasteiger partial charge in [-0.25, -0.2) is 0 Å². The summed E-state index contributed by atoms with van der Waals surface area (Å²) in [5.74, 6) is -1.80. The second-order valence-electron chi connectivity index (χ2n) is 14.5. The summed E-state index contributed by atoms with van der Waals surface area (Å²) in [4.78, 5) is 44.7. The van der Waals surface area contributed by atoms with E-state index in [1.54, 1.807) is 0 Å². The molecule has 1 aromatic carbocycles. The third-order valence-corrected chi connectivity index (χ3v) is 10.3. The molecule has 1 heterocycles. The van der Waals surface area contributed by atoms with Crippen LogP contribution in [0.1, 0.15) is 111 Å². The summed E-state index contributed by atoms with van der Waals surface area (Å²) in [6, 6.07) is 2.32. The predicted octanol–water partition coefficient (Wildman–Crippen LogP) is 8.89. The maximum absolute atomic E-state index is 15.4. The SMILES string of the molecule is C=C(C)[C@@H](CC=C(C)C)C[C@]12C[C@H](CC=C(C)C)C(C)(C)[C@](CC=C(C)C)(C1=O)c1oc3cc(O)c(O)cc3c(=O)c1C2=O. The van der Waals surface area contributed by atoms with Crippen LogP contribution in [0.5, 0.6) is 11.5 Å². The minimum absolute atomic E-state index is 0.00720. The molecule has 2 aromatic rings. The summed E-state index contributed by atoms with van der Waals surface area (Å²) < 4.78 is 6.46. The molecule has 44 heavy (non-hydrogen) atoms. The smallest absolute Gasteiger partial charge is 0.204 e. The van der Waals surface area contributed by atoms with E-state index in [0.29, 0.717) is 19.3 Å². The number of fused-ring (bicyclic) bond motifs is 5. The van der Waals surface area contributed by atoms with Crippen molar-refractivity contribution in [3.05, 3.63) is 80.8 Å². The van der Waals surface area contributed by atoms with Crippen molar-refractivity contribution in [3.8, 4) is 11.5 Å². The summed E-state index contributed by atoms with van der Waals surface area (Å²) in [7, 11) is 0. The molecule has 2 N–H and O–H groups in total. The topological polar surface area (TPSA) is 105 Å². The van der Waals surface area contributed by atoms with Gasteiger partial charge in [-0.1, -0.05) is 60.9 Å². The van der Waals surface area contributed by atoms with E-state index < -0.39 is 39.0 Å². The van der Waals surface area contributed by atoms with Gasteiger partial charge in [-0.3, -0.25) is 14.4 Å². The Morgan fingerprint density at radius 2 is 1.55 bits per heavy atom. The number of carbonyl (C=O) groups is 2. The zero-order chi connectivity index (χ0) is 32.9. The van der Waals surface area contributed by atoms with E-state index in [0.717, 1.165) is 28.4 Å². The minimum Gasteiger partial charge on any atom is -0.504 e. The van der Waals surface area contributed by atoms with E-state index in [-0.39, 0.29) is 52.8 Å². The van der Waals surface area contributed by atoms with Gasteiger partial charge in [0.1, 0.15) is 16.9 Å². The summed E-state index contributed by atoms with van der Waals surface area (Å²) in [5.41, 5.74) is -0.00105. The number of hydrogen-bond donors (Lipinski definition) is 2. The van der Waals surface area contributed by atoms with Crippen LogP contribution in [0, 0.1) is 22.7 Å². The van der Waals surface area contributed by atoms with Gasteiger partial charge >= 0.3 is 0 Å². The van der Waals surface area contributed by atoms with Gasteiger partial charge in [0.2, 0.25) is 5.43 Å². The summed E-state index contributed by atoms with van der Waals surface area (Å²) in [5, 5.41) is 20.6. The van der Waals surface area contributed by atoms with Crippen molar-refractivity contribution >= 4 is 22.5 Å². The van der Waals surface area contributed by atoms with Crippen LogP contribution in [0.15, 0.2) is 68.4 Å². The van der Waals surface area contributed by atoms with Crippen molar-refractivity contribution < 1.29 is 24.2 Å². The standard InChI is InChI=1S/C38H48O6/c1-21(2)11-13-25(24(7)8)19-37-20-26(14-12-22(3)4)36(9,10)38(35(37)43,16-15-23(5)6)34-31(33(37)42)32(41)27-17-28(39)29(40)18-30(27)44-34/h11-12,15,17-18,25-26,39-40H,7,13-14,16,19-20H2,1-6,8-10H3/t25-,26-,37+,38-/m0/s1. The van der Waals surface area contributed by atoms with Crippen molar-refractivity contribution in [1.29, 1.82) is 0 Å². The van der Waals surface area contributed by atoms with Crippen molar-refractivity contribution in [2.75, 3.05) is 0 Å². The molecule has 1 saturated carbocycles. The van der Waals surface area contributed by atoms with Crippen molar-refractivity contribution in [1.82, 2.24) is 0 Å². The highest BCUT2D eigenvalue weighted by atomic mass is 16.3.